The van der Waals surface area contributed by atoms with Crippen molar-refractivity contribution in [2.45, 2.75) is 17.9 Å². The van der Waals surface area contributed by atoms with E-state index in [0.717, 1.165) is 17.6 Å². The molecule has 76 valence electrons. The predicted molar refractivity (Wildman–Crippen MR) is 62.3 cm³/mol. The molecule has 0 aliphatic rings. The predicted octanol–water partition coefficient (Wildman–Crippen LogP) is 2.70. The Labute approximate surface area is 93.7 Å². The molecule has 1 atom stereocenters. The summed E-state index contributed by atoms with van der Waals surface area (Å²) < 4.78 is 4.91. The van der Waals surface area contributed by atoms with Crippen molar-refractivity contribution in [1.29, 1.82) is 0 Å². The molecule has 0 aliphatic carbocycles. The minimum atomic E-state index is -0.363. The highest BCUT2D eigenvalue weighted by molar-refractivity contribution is 7.94. The lowest BCUT2D eigenvalue weighted by molar-refractivity contribution is -0.132. The summed E-state index contributed by atoms with van der Waals surface area (Å²) in [5, 5.41) is -0.363. The topological polar surface area (TPSA) is 26.3 Å². The zero-order valence-electron chi connectivity index (χ0n) is 7.84. The van der Waals surface area contributed by atoms with Crippen LogP contribution in [0.2, 0.25) is 0 Å². The molecule has 0 spiro atoms. The number of thiol groups is 1. The highest BCUT2D eigenvalue weighted by Crippen LogP contribution is 2.14. The molecule has 1 aromatic carbocycles. The van der Waals surface area contributed by atoms with Gasteiger partial charge >= 0.3 is 5.97 Å². The van der Waals surface area contributed by atoms with Gasteiger partial charge in [-0.05, 0) is 12.5 Å². The Morgan fingerprint density at radius 2 is 2.14 bits per heavy atom. The van der Waals surface area contributed by atoms with Gasteiger partial charge in [0.1, 0.15) is 0 Å². The van der Waals surface area contributed by atoms with E-state index >= 15 is 0 Å². The van der Waals surface area contributed by atoms with E-state index in [2.05, 4.69) is 12.6 Å². The number of benzene rings is 1. The molecule has 1 rings (SSSR count). The molecule has 0 aromatic heterocycles. The maximum Gasteiger partial charge on any atom is 0.330 e. The van der Waals surface area contributed by atoms with Gasteiger partial charge in [0, 0.05) is 0 Å². The Hall–Kier alpha value is -0.610. The van der Waals surface area contributed by atoms with Crippen LogP contribution in [-0.2, 0) is 14.7 Å². The fourth-order valence-electron chi connectivity index (χ4n) is 0.799. The molecule has 0 heterocycles. The Balaban J connectivity index is 2.26. The molecule has 0 N–H and O–H groups in total. The molecule has 0 saturated carbocycles. The Kier molecular flexibility index (Phi) is 4.90. The number of carbonyl (C=O) groups excluding carboxylic acids is 1. The van der Waals surface area contributed by atoms with E-state index in [-0.39, 0.29) is 11.2 Å². The number of hydrogen-bond donors (Lipinski definition) is 1. The third-order valence-electron chi connectivity index (χ3n) is 1.55. The number of hydrogen-bond acceptors (Lipinski definition) is 4. The fourth-order valence-corrected chi connectivity index (χ4v) is 1.57. The summed E-state index contributed by atoms with van der Waals surface area (Å²) in [6, 6.07) is 9.85. The molecule has 14 heavy (non-hydrogen) atoms. The first-order chi connectivity index (χ1) is 6.70. The summed E-state index contributed by atoms with van der Waals surface area (Å²) in [5.74, 6) is 0.377. The number of carbonyl (C=O) groups is 1. The van der Waals surface area contributed by atoms with Gasteiger partial charge < -0.3 is 4.18 Å². The van der Waals surface area contributed by atoms with Crippen molar-refractivity contribution in [1.82, 2.24) is 0 Å². The van der Waals surface area contributed by atoms with Gasteiger partial charge in [0.05, 0.1) is 23.0 Å². The zero-order valence-corrected chi connectivity index (χ0v) is 9.55. The molecule has 0 radical (unpaired) electrons. The maximum atomic E-state index is 11.0. The molecular weight excluding hydrogens is 216 g/mol. The van der Waals surface area contributed by atoms with E-state index in [9.17, 15) is 4.79 Å². The van der Waals surface area contributed by atoms with E-state index in [4.69, 9.17) is 4.18 Å². The first kappa shape index (κ1) is 11.5. The van der Waals surface area contributed by atoms with Gasteiger partial charge in [-0.3, -0.25) is 0 Å². The van der Waals surface area contributed by atoms with E-state index in [0.29, 0.717) is 5.75 Å². The van der Waals surface area contributed by atoms with Gasteiger partial charge in [-0.2, -0.15) is 12.6 Å². The Bertz CT molecular complexity index is 285. The van der Waals surface area contributed by atoms with E-state index in [1.54, 1.807) is 6.92 Å². The van der Waals surface area contributed by atoms with E-state index in [1.165, 1.54) is 0 Å². The van der Waals surface area contributed by atoms with Gasteiger partial charge in [0.2, 0.25) is 0 Å². The molecule has 0 saturated heterocycles. The lowest BCUT2D eigenvalue weighted by atomic mass is 10.2. The van der Waals surface area contributed by atoms with Crippen LogP contribution in [0, 0.1) is 0 Å². The van der Waals surface area contributed by atoms with Crippen LogP contribution in [0.15, 0.2) is 30.3 Å². The molecule has 0 aliphatic heterocycles. The Morgan fingerprint density at radius 1 is 1.50 bits per heavy atom. The van der Waals surface area contributed by atoms with Gasteiger partial charge in [0.15, 0.2) is 0 Å². The lowest BCUT2D eigenvalue weighted by Gasteiger charge is -2.04. The van der Waals surface area contributed by atoms with Gasteiger partial charge in [-0.25, -0.2) is 4.79 Å². The quantitative estimate of drug-likeness (QED) is 0.634. The van der Waals surface area contributed by atoms with Gasteiger partial charge in [-0.1, -0.05) is 30.3 Å². The summed E-state index contributed by atoms with van der Waals surface area (Å²) in [7, 11) is 0. The van der Waals surface area contributed by atoms with Crippen LogP contribution < -0.4 is 0 Å². The third kappa shape index (κ3) is 4.07. The molecule has 0 amide bonds. The van der Waals surface area contributed by atoms with Crippen molar-refractivity contribution in [3.05, 3.63) is 35.9 Å². The van der Waals surface area contributed by atoms with Crippen LogP contribution in [0.3, 0.4) is 0 Å². The van der Waals surface area contributed by atoms with Crippen LogP contribution >= 0.6 is 24.7 Å². The lowest BCUT2D eigenvalue weighted by Crippen LogP contribution is -2.10. The minimum absolute atomic E-state index is 0.297. The standard InChI is InChI=1S/C10H12O2S2/c1-8(13)10(11)12-14-7-9-5-3-2-4-6-9/h2-6,8,13H,7H2,1H3. The van der Waals surface area contributed by atoms with Crippen molar-refractivity contribution >= 4 is 30.6 Å². The Morgan fingerprint density at radius 3 is 2.71 bits per heavy atom. The molecule has 4 heteroatoms. The molecule has 0 fully saturated rings. The fraction of sp³-hybridized carbons (Fsp3) is 0.300. The van der Waals surface area contributed by atoms with Crippen molar-refractivity contribution in [2.75, 3.05) is 0 Å². The van der Waals surface area contributed by atoms with Crippen LogP contribution in [-0.4, -0.2) is 11.2 Å². The second-order valence-electron chi connectivity index (χ2n) is 2.83. The summed E-state index contributed by atoms with van der Waals surface area (Å²) in [5.41, 5.74) is 1.14. The van der Waals surface area contributed by atoms with E-state index < -0.39 is 0 Å². The monoisotopic (exact) mass is 228 g/mol. The molecule has 1 aromatic rings. The summed E-state index contributed by atoms with van der Waals surface area (Å²) in [6.07, 6.45) is 0. The molecule has 0 bridgehead atoms. The average molecular weight is 228 g/mol. The molecule has 2 nitrogen and oxygen atoms in total. The average Bonchev–Trinajstić information content (AvgIpc) is 2.19. The largest absolute Gasteiger partial charge is 0.390 e. The van der Waals surface area contributed by atoms with Gasteiger partial charge in [-0.15, -0.1) is 0 Å². The van der Waals surface area contributed by atoms with Crippen molar-refractivity contribution in [3.63, 3.8) is 0 Å². The van der Waals surface area contributed by atoms with Crippen molar-refractivity contribution < 1.29 is 8.98 Å². The highest BCUT2D eigenvalue weighted by Gasteiger charge is 2.09. The summed E-state index contributed by atoms with van der Waals surface area (Å²) >= 11 is 5.11. The number of rotatable bonds is 4. The van der Waals surface area contributed by atoms with Crippen LogP contribution in [0.1, 0.15) is 12.5 Å². The third-order valence-corrected chi connectivity index (χ3v) is 2.49. The first-order valence-corrected chi connectivity index (χ1v) is 5.68. The first-order valence-electron chi connectivity index (χ1n) is 4.25. The second-order valence-corrected chi connectivity index (χ2v) is 4.29. The van der Waals surface area contributed by atoms with Crippen LogP contribution in [0.25, 0.3) is 0 Å². The minimum Gasteiger partial charge on any atom is -0.390 e. The molecule has 1 unspecified atom stereocenters. The normalized spacial score (nSPS) is 12.1. The second kappa shape index (κ2) is 5.98. The van der Waals surface area contributed by atoms with E-state index in [1.807, 2.05) is 30.3 Å². The molecular formula is C10H12O2S2. The van der Waals surface area contributed by atoms with Crippen molar-refractivity contribution in [3.8, 4) is 0 Å². The van der Waals surface area contributed by atoms with Crippen LogP contribution in [0.5, 0.6) is 0 Å². The van der Waals surface area contributed by atoms with Crippen molar-refractivity contribution in [2.24, 2.45) is 0 Å². The van der Waals surface area contributed by atoms with Crippen LogP contribution in [0.4, 0.5) is 0 Å². The highest BCUT2D eigenvalue weighted by atomic mass is 32.2. The smallest absolute Gasteiger partial charge is 0.330 e. The SMILES string of the molecule is CC(S)C(=O)OSCc1ccccc1. The maximum absolute atomic E-state index is 11.0. The van der Waals surface area contributed by atoms with Gasteiger partial charge in [0.25, 0.3) is 0 Å². The summed E-state index contributed by atoms with van der Waals surface area (Å²) in [4.78, 5) is 11.0. The zero-order chi connectivity index (χ0) is 10.4. The summed E-state index contributed by atoms with van der Waals surface area (Å²) in [6.45, 7) is 1.69.